The summed E-state index contributed by atoms with van der Waals surface area (Å²) >= 11 is 0. The summed E-state index contributed by atoms with van der Waals surface area (Å²) in [5, 5.41) is 17.6. The summed E-state index contributed by atoms with van der Waals surface area (Å²) < 4.78 is 0. The van der Waals surface area contributed by atoms with Gasteiger partial charge in [0.2, 0.25) is 0 Å². The van der Waals surface area contributed by atoms with Gasteiger partial charge in [0.05, 0.1) is 12.1 Å². The van der Waals surface area contributed by atoms with Crippen LogP contribution in [0.1, 0.15) is 55.2 Å². The molecule has 2 heteroatoms. The van der Waals surface area contributed by atoms with E-state index < -0.39 is 0 Å². The Hall–Kier alpha value is -1.80. The van der Waals surface area contributed by atoms with Gasteiger partial charge in [0, 0.05) is 12.8 Å². The zero-order chi connectivity index (χ0) is 12.8. The van der Waals surface area contributed by atoms with Crippen molar-refractivity contribution < 1.29 is 0 Å². The Balaban J connectivity index is 3.18. The maximum absolute atomic E-state index is 8.82. The molecule has 1 rings (SSSR count). The van der Waals surface area contributed by atoms with Crippen molar-refractivity contribution in [2.24, 2.45) is 0 Å². The van der Waals surface area contributed by atoms with Crippen LogP contribution in [0.2, 0.25) is 0 Å². The molecule has 0 aromatic heterocycles. The molecule has 1 aromatic carbocycles. The SMILES string of the molecule is Cc1cccc(C(C)CC#N)c1C(C)CC#N. The van der Waals surface area contributed by atoms with Crippen LogP contribution in [0.5, 0.6) is 0 Å². The van der Waals surface area contributed by atoms with E-state index in [-0.39, 0.29) is 11.8 Å². The van der Waals surface area contributed by atoms with Crippen molar-refractivity contribution in [3.8, 4) is 12.1 Å². The van der Waals surface area contributed by atoms with Gasteiger partial charge >= 0.3 is 0 Å². The number of rotatable bonds is 4. The average Bonchev–Trinajstić information content (AvgIpc) is 2.29. The van der Waals surface area contributed by atoms with Crippen molar-refractivity contribution >= 4 is 0 Å². The highest BCUT2D eigenvalue weighted by molar-refractivity contribution is 5.39. The highest BCUT2D eigenvalue weighted by Gasteiger charge is 2.16. The van der Waals surface area contributed by atoms with Crippen LogP contribution >= 0.6 is 0 Å². The third kappa shape index (κ3) is 3.08. The molecule has 0 aliphatic carbocycles. The van der Waals surface area contributed by atoms with Crippen LogP contribution in [-0.2, 0) is 0 Å². The molecule has 0 aliphatic rings. The van der Waals surface area contributed by atoms with Crippen LogP contribution in [0.15, 0.2) is 18.2 Å². The van der Waals surface area contributed by atoms with Crippen molar-refractivity contribution in [1.29, 1.82) is 10.5 Å². The molecule has 0 bridgehead atoms. The van der Waals surface area contributed by atoms with E-state index in [1.165, 1.54) is 16.7 Å². The Labute approximate surface area is 104 Å². The molecule has 88 valence electrons. The predicted octanol–water partition coefficient (Wildman–Crippen LogP) is 4.03. The largest absolute Gasteiger partial charge is 0.198 e. The zero-order valence-electron chi connectivity index (χ0n) is 10.7. The van der Waals surface area contributed by atoms with Gasteiger partial charge in [-0.25, -0.2) is 0 Å². The molecule has 0 heterocycles. The van der Waals surface area contributed by atoms with Crippen molar-refractivity contribution in [1.82, 2.24) is 0 Å². The molecule has 0 spiro atoms. The Kier molecular flexibility index (Phi) is 4.73. The van der Waals surface area contributed by atoms with Crippen molar-refractivity contribution in [2.75, 3.05) is 0 Å². The first-order valence-electron chi connectivity index (χ1n) is 5.95. The summed E-state index contributed by atoms with van der Waals surface area (Å²) in [7, 11) is 0. The second-order valence-corrected chi connectivity index (χ2v) is 4.60. The molecule has 0 fully saturated rings. The third-order valence-electron chi connectivity index (χ3n) is 3.18. The van der Waals surface area contributed by atoms with Gasteiger partial charge in [0.1, 0.15) is 0 Å². The molecule has 0 saturated carbocycles. The van der Waals surface area contributed by atoms with Crippen molar-refractivity contribution in [2.45, 2.75) is 45.4 Å². The van der Waals surface area contributed by atoms with E-state index in [2.05, 4.69) is 45.0 Å². The lowest BCUT2D eigenvalue weighted by molar-refractivity contribution is 0.719. The van der Waals surface area contributed by atoms with E-state index in [4.69, 9.17) is 10.5 Å². The third-order valence-corrected chi connectivity index (χ3v) is 3.18. The van der Waals surface area contributed by atoms with Crippen LogP contribution < -0.4 is 0 Å². The van der Waals surface area contributed by atoms with E-state index in [9.17, 15) is 0 Å². The molecular formula is C15H18N2. The van der Waals surface area contributed by atoms with Gasteiger partial charge in [-0.15, -0.1) is 0 Å². The molecule has 0 N–H and O–H groups in total. The summed E-state index contributed by atoms with van der Waals surface area (Å²) in [6, 6.07) is 10.6. The van der Waals surface area contributed by atoms with Gasteiger partial charge < -0.3 is 0 Å². The number of benzene rings is 1. The molecule has 2 nitrogen and oxygen atoms in total. The van der Waals surface area contributed by atoms with Crippen LogP contribution in [-0.4, -0.2) is 0 Å². The predicted molar refractivity (Wildman–Crippen MR) is 68.5 cm³/mol. The van der Waals surface area contributed by atoms with E-state index >= 15 is 0 Å². The average molecular weight is 226 g/mol. The van der Waals surface area contributed by atoms with Gasteiger partial charge in [-0.1, -0.05) is 32.0 Å². The minimum absolute atomic E-state index is 0.232. The quantitative estimate of drug-likeness (QED) is 0.778. The van der Waals surface area contributed by atoms with Gasteiger partial charge in [0.15, 0.2) is 0 Å². The topological polar surface area (TPSA) is 47.6 Å². The summed E-state index contributed by atoms with van der Waals surface area (Å²) in [4.78, 5) is 0. The summed E-state index contributed by atoms with van der Waals surface area (Å²) in [6.07, 6.45) is 1.05. The van der Waals surface area contributed by atoms with Crippen LogP contribution in [0.25, 0.3) is 0 Å². The van der Waals surface area contributed by atoms with Gasteiger partial charge in [-0.2, -0.15) is 10.5 Å². The molecule has 0 amide bonds. The zero-order valence-corrected chi connectivity index (χ0v) is 10.7. The number of hydrogen-bond acceptors (Lipinski definition) is 2. The van der Waals surface area contributed by atoms with Crippen LogP contribution in [0.4, 0.5) is 0 Å². The summed E-state index contributed by atoms with van der Waals surface area (Å²) in [5.41, 5.74) is 3.68. The molecule has 0 radical (unpaired) electrons. The Morgan fingerprint density at radius 3 is 2.24 bits per heavy atom. The smallest absolute Gasteiger partial charge is 0.0628 e. The summed E-state index contributed by atoms with van der Waals surface area (Å²) in [6.45, 7) is 6.22. The normalized spacial score (nSPS) is 13.5. The number of aryl methyl sites for hydroxylation is 1. The lowest BCUT2D eigenvalue weighted by atomic mass is 9.84. The van der Waals surface area contributed by atoms with E-state index in [1.807, 2.05) is 6.07 Å². The Morgan fingerprint density at radius 1 is 1.06 bits per heavy atom. The molecular weight excluding hydrogens is 208 g/mol. The fraction of sp³-hybridized carbons (Fsp3) is 0.467. The van der Waals surface area contributed by atoms with E-state index in [0.29, 0.717) is 12.8 Å². The number of nitriles is 2. The van der Waals surface area contributed by atoms with Gasteiger partial charge in [0.25, 0.3) is 0 Å². The molecule has 17 heavy (non-hydrogen) atoms. The maximum atomic E-state index is 8.82. The first-order chi connectivity index (χ1) is 8.11. The molecule has 2 atom stereocenters. The first-order valence-corrected chi connectivity index (χ1v) is 5.95. The second kappa shape index (κ2) is 6.06. The monoisotopic (exact) mass is 226 g/mol. The lowest BCUT2D eigenvalue weighted by Gasteiger charge is -2.20. The Morgan fingerprint density at radius 2 is 1.65 bits per heavy atom. The van der Waals surface area contributed by atoms with Crippen molar-refractivity contribution in [3.63, 3.8) is 0 Å². The molecule has 1 aromatic rings. The second-order valence-electron chi connectivity index (χ2n) is 4.60. The minimum atomic E-state index is 0.232. The summed E-state index contributed by atoms with van der Waals surface area (Å²) in [5.74, 6) is 0.466. The first kappa shape index (κ1) is 13.3. The number of hydrogen-bond donors (Lipinski definition) is 0. The maximum Gasteiger partial charge on any atom is 0.0628 e. The van der Waals surface area contributed by atoms with E-state index in [0.717, 1.165) is 0 Å². The Bertz CT molecular complexity index is 463. The van der Waals surface area contributed by atoms with Gasteiger partial charge in [-0.3, -0.25) is 0 Å². The van der Waals surface area contributed by atoms with E-state index in [1.54, 1.807) is 0 Å². The molecule has 0 aliphatic heterocycles. The fourth-order valence-electron chi connectivity index (χ4n) is 2.29. The van der Waals surface area contributed by atoms with Crippen molar-refractivity contribution in [3.05, 3.63) is 34.9 Å². The highest BCUT2D eigenvalue weighted by atomic mass is 14.3. The molecule has 2 unspecified atom stereocenters. The molecule has 0 saturated heterocycles. The van der Waals surface area contributed by atoms with Gasteiger partial charge in [-0.05, 0) is 35.4 Å². The number of nitrogens with zero attached hydrogens (tertiary/aromatic N) is 2. The lowest BCUT2D eigenvalue weighted by Crippen LogP contribution is -2.05. The minimum Gasteiger partial charge on any atom is -0.198 e. The standard InChI is InChI=1S/C15H18N2/c1-11(7-9-16)14-6-4-5-12(2)15(14)13(3)8-10-17/h4-6,11,13H,7-8H2,1-3H3. The fourth-order valence-corrected chi connectivity index (χ4v) is 2.29. The van der Waals surface area contributed by atoms with Crippen LogP contribution in [0, 0.1) is 29.6 Å². The highest BCUT2D eigenvalue weighted by Crippen LogP contribution is 2.32. The van der Waals surface area contributed by atoms with Crippen LogP contribution in [0.3, 0.4) is 0 Å².